The van der Waals surface area contributed by atoms with E-state index in [1.54, 1.807) is 12.1 Å². The number of aliphatic hydroxyl groups excluding tert-OH is 1. The quantitative estimate of drug-likeness (QED) is 0.899. The van der Waals surface area contributed by atoms with Gasteiger partial charge in [-0.2, -0.15) is 4.31 Å². The highest BCUT2D eigenvalue weighted by Crippen LogP contribution is 2.27. The minimum absolute atomic E-state index is 0.0939. The van der Waals surface area contributed by atoms with Crippen molar-refractivity contribution in [2.24, 2.45) is 0 Å². The summed E-state index contributed by atoms with van der Waals surface area (Å²) in [7, 11) is -3.52. The molecule has 1 N–H and O–H groups in total. The molecule has 1 aliphatic rings. The van der Waals surface area contributed by atoms with Crippen LogP contribution in [0.4, 0.5) is 0 Å². The zero-order valence-corrected chi connectivity index (χ0v) is 12.0. The van der Waals surface area contributed by atoms with E-state index in [2.05, 4.69) is 0 Å². The lowest BCUT2D eigenvalue weighted by molar-refractivity contribution is -0.00770. The maximum atomic E-state index is 12.6. The summed E-state index contributed by atoms with van der Waals surface area (Å²) >= 11 is 0. The first-order valence-electron chi connectivity index (χ1n) is 6.18. The van der Waals surface area contributed by atoms with Gasteiger partial charge in [-0.1, -0.05) is 12.1 Å². The molecule has 1 saturated heterocycles. The highest BCUT2D eigenvalue weighted by molar-refractivity contribution is 7.89. The Balaban J connectivity index is 2.35. The maximum Gasteiger partial charge on any atom is 0.243 e. The number of benzene rings is 1. The van der Waals surface area contributed by atoms with Gasteiger partial charge in [-0.3, -0.25) is 0 Å². The predicted octanol–water partition coefficient (Wildman–Crippen LogP) is 0.978. The van der Waals surface area contributed by atoms with Crippen molar-refractivity contribution >= 4 is 10.0 Å². The van der Waals surface area contributed by atoms with Crippen LogP contribution in [0.1, 0.15) is 19.4 Å². The Labute approximate surface area is 113 Å². The third kappa shape index (κ3) is 2.81. The van der Waals surface area contributed by atoms with Crippen LogP contribution in [-0.4, -0.2) is 43.1 Å². The highest BCUT2D eigenvalue weighted by atomic mass is 32.2. The summed E-state index contributed by atoms with van der Waals surface area (Å²) in [6.07, 6.45) is 0. The molecule has 0 aliphatic carbocycles. The number of nitrogens with zero attached hydrogens (tertiary/aromatic N) is 1. The van der Waals surface area contributed by atoms with Crippen LogP contribution in [0.15, 0.2) is 29.2 Å². The third-order valence-electron chi connectivity index (χ3n) is 3.26. The van der Waals surface area contributed by atoms with Crippen molar-refractivity contribution in [2.45, 2.75) is 30.9 Å². The molecule has 0 aromatic heterocycles. The molecule has 1 heterocycles. The topological polar surface area (TPSA) is 66.8 Å². The predicted molar refractivity (Wildman–Crippen MR) is 71.2 cm³/mol. The van der Waals surface area contributed by atoms with Crippen LogP contribution in [-0.2, 0) is 21.4 Å². The van der Waals surface area contributed by atoms with Crippen LogP contribution in [0.2, 0.25) is 0 Å². The van der Waals surface area contributed by atoms with Crippen molar-refractivity contribution < 1.29 is 18.3 Å². The molecule has 0 spiro atoms. The fourth-order valence-corrected chi connectivity index (χ4v) is 3.94. The Bertz CT molecular complexity index is 536. The number of hydrogen-bond acceptors (Lipinski definition) is 4. The molecule has 1 aromatic carbocycles. The van der Waals surface area contributed by atoms with Gasteiger partial charge in [0.15, 0.2) is 0 Å². The Hall–Kier alpha value is -0.950. The monoisotopic (exact) mass is 285 g/mol. The molecular formula is C13H19NO4S. The molecule has 0 bridgehead atoms. The Kier molecular flexibility index (Phi) is 3.96. The van der Waals surface area contributed by atoms with E-state index in [1.807, 2.05) is 13.8 Å². The summed E-state index contributed by atoms with van der Waals surface area (Å²) in [5.41, 5.74) is 0.146. The number of rotatable bonds is 3. The Morgan fingerprint density at radius 3 is 2.47 bits per heavy atom. The second-order valence-electron chi connectivity index (χ2n) is 5.24. The maximum absolute atomic E-state index is 12.6. The largest absolute Gasteiger partial charge is 0.392 e. The molecule has 0 saturated carbocycles. The van der Waals surface area contributed by atoms with E-state index in [-0.39, 0.29) is 11.5 Å². The van der Waals surface area contributed by atoms with E-state index in [0.717, 1.165) is 0 Å². The molecule has 106 valence electrons. The van der Waals surface area contributed by atoms with E-state index in [9.17, 15) is 8.42 Å². The fourth-order valence-electron chi connectivity index (χ4n) is 2.18. The van der Waals surface area contributed by atoms with Crippen molar-refractivity contribution in [3.05, 3.63) is 29.8 Å². The average molecular weight is 285 g/mol. The lowest BCUT2D eigenvalue weighted by Gasteiger charge is -2.40. The van der Waals surface area contributed by atoms with Gasteiger partial charge >= 0.3 is 0 Å². The molecule has 2 rings (SSSR count). The Morgan fingerprint density at radius 2 is 1.95 bits per heavy atom. The van der Waals surface area contributed by atoms with Gasteiger partial charge < -0.3 is 9.84 Å². The van der Waals surface area contributed by atoms with Gasteiger partial charge in [0, 0.05) is 6.54 Å². The second kappa shape index (κ2) is 5.20. The zero-order chi connectivity index (χ0) is 14.1. The van der Waals surface area contributed by atoms with Crippen molar-refractivity contribution in [3.63, 3.8) is 0 Å². The smallest absolute Gasteiger partial charge is 0.243 e. The third-order valence-corrected chi connectivity index (χ3v) is 5.39. The molecule has 0 radical (unpaired) electrons. The van der Waals surface area contributed by atoms with E-state index >= 15 is 0 Å². The van der Waals surface area contributed by atoms with Crippen LogP contribution in [0.25, 0.3) is 0 Å². The number of ether oxygens (including phenoxy) is 1. The van der Waals surface area contributed by atoms with E-state index < -0.39 is 15.6 Å². The Morgan fingerprint density at radius 1 is 1.32 bits per heavy atom. The van der Waals surface area contributed by atoms with Gasteiger partial charge in [-0.05, 0) is 31.5 Å². The van der Waals surface area contributed by atoms with E-state index in [0.29, 0.717) is 25.3 Å². The molecular weight excluding hydrogens is 266 g/mol. The number of morpholine rings is 1. The van der Waals surface area contributed by atoms with Gasteiger partial charge in [0.2, 0.25) is 10.0 Å². The average Bonchev–Trinajstić information content (AvgIpc) is 2.38. The van der Waals surface area contributed by atoms with Gasteiger partial charge in [0.05, 0.1) is 30.3 Å². The summed E-state index contributed by atoms with van der Waals surface area (Å²) in [6.45, 7) is 4.77. The molecule has 1 fully saturated rings. The minimum atomic E-state index is -3.52. The van der Waals surface area contributed by atoms with Crippen LogP contribution < -0.4 is 0 Å². The zero-order valence-electron chi connectivity index (χ0n) is 11.2. The molecule has 0 atom stereocenters. The second-order valence-corrected chi connectivity index (χ2v) is 7.11. The molecule has 0 amide bonds. The van der Waals surface area contributed by atoms with Gasteiger partial charge in [-0.25, -0.2) is 8.42 Å². The van der Waals surface area contributed by atoms with Crippen molar-refractivity contribution in [1.29, 1.82) is 0 Å². The van der Waals surface area contributed by atoms with Gasteiger partial charge in [0.1, 0.15) is 0 Å². The van der Waals surface area contributed by atoms with Crippen LogP contribution in [0, 0.1) is 0 Å². The molecule has 1 aromatic rings. The van der Waals surface area contributed by atoms with E-state index in [4.69, 9.17) is 9.84 Å². The highest BCUT2D eigenvalue weighted by Gasteiger charge is 2.39. The molecule has 5 nitrogen and oxygen atoms in total. The van der Waals surface area contributed by atoms with Crippen molar-refractivity contribution in [3.8, 4) is 0 Å². The summed E-state index contributed by atoms with van der Waals surface area (Å²) in [5.74, 6) is 0. The lowest BCUT2D eigenvalue weighted by Crippen LogP contribution is -2.55. The molecule has 6 heteroatoms. The van der Waals surface area contributed by atoms with Crippen LogP contribution >= 0.6 is 0 Å². The van der Waals surface area contributed by atoms with Crippen LogP contribution in [0.5, 0.6) is 0 Å². The van der Waals surface area contributed by atoms with Crippen LogP contribution in [0.3, 0.4) is 0 Å². The number of hydrogen-bond donors (Lipinski definition) is 1. The first-order valence-corrected chi connectivity index (χ1v) is 7.62. The number of sulfonamides is 1. The fraction of sp³-hybridized carbons (Fsp3) is 0.538. The SMILES string of the molecule is CC1(C)COCCN1S(=O)(=O)c1ccc(CO)cc1. The normalized spacial score (nSPS) is 20.4. The first-order chi connectivity index (χ1) is 8.88. The first kappa shape index (κ1) is 14.5. The lowest BCUT2D eigenvalue weighted by atomic mass is 10.1. The molecule has 0 unspecified atom stereocenters. The van der Waals surface area contributed by atoms with Gasteiger partial charge in [0.25, 0.3) is 0 Å². The minimum Gasteiger partial charge on any atom is -0.392 e. The molecule has 19 heavy (non-hydrogen) atoms. The van der Waals surface area contributed by atoms with Gasteiger partial charge in [-0.15, -0.1) is 0 Å². The number of aliphatic hydroxyl groups is 1. The van der Waals surface area contributed by atoms with E-state index in [1.165, 1.54) is 16.4 Å². The summed E-state index contributed by atoms with van der Waals surface area (Å²) in [4.78, 5) is 0.250. The summed E-state index contributed by atoms with van der Waals surface area (Å²) in [6, 6.07) is 6.32. The van der Waals surface area contributed by atoms with Crippen molar-refractivity contribution in [1.82, 2.24) is 4.31 Å². The van der Waals surface area contributed by atoms with Crippen molar-refractivity contribution in [2.75, 3.05) is 19.8 Å². The molecule has 1 aliphatic heterocycles. The summed E-state index contributed by atoms with van der Waals surface area (Å²) in [5, 5.41) is 8.99. The summed E-state index contributed by atoms with van der Waals surface area (Å²) < 4.78 is 32.0. The standard InChI is InChI=1S/C13H19NO4S/c1-13(2)10-18-8-7-14(13)19(16,17)12-5-3-11(9-15)4-6-12/h3-6,15H,7-10H2,1-2H3.